The number of hydrogen-bond acceptors (Lipinski definition) is 2. The average Bonchev–Trinajstić information content (AvgIpc) is 2.09. The number of nitrogens with one attached hydrogen (secondary N) is 1. The molecule has 0 spiro atoms. The van der Waals surface area contributed by atoms with Crippen molar-refractivity contribution >= 4 is 33.3 Å². The van der Waals surface area contributed by atoms with Gasteiger partial charge in [-0.3, -0.25) is 0 Å². The molecule has 0 saturated heterocycles. The van der Waals surface area contributed by atoms with E-state index in [1.807, 2.05) is 19.2 Å². The molecule has 0 aliphatic carbocycles. The lowest BCUT2D eigenvalue weighted by molar-refractivity contribution is 0.973. The van der Waals surface area contributed by atoms with E-state index in [0.29, 0.717) is 5.88 Å². The molecule has 13 heavy (non-hydrogen) atoms. The molecule has 0 unspecified atom stereocenters. The van der Waals surface area contributed by atoms with Crippen LogP contribution in [0.15, 0.2) is 16.7 Å². The van der Waals surface area contributed by atoms with E-state index in [1.165, 1.54) is 0 Å². The normalized spacial score (nSPS) is 10.1. The van der Waals surface area contributed by atoms with Gasteiger partial charge in [-0.25, -0.2) is 4.98 Å². The molecule has 0 atom stereocenters. The first-order valence-corrected chi connectivity index (χ1v) is 5.49. The van der Waals surface area contributed by atoms with E-state index in [9.17, 15) is 0 Å². The fraction of sp³-hybridized carbons (Fsp3) is 0.444. The summed E-state index contributed by atoms with van der Waals surface area (Å²) in [6.45, 7) is 2.87. The predicted molar refractivity (Wildman–Crippen MR) is 60.5 cm³/mol. The molecule has 0 aliphatic rings. The largest absolute Gasteiger partial charge is 0.369 e. The molecule has 0 saturated carbocycles. The summed E-state index contributed by atoms with van der Waals surface area (Å²) in [4.78, 5) is 4.25. The zero-order chi connectivity index (χ0) is 9.68. The van der Waals surface area contributed by atoms with Gasteiger partial charge in [0, 0.05) is 18.6 Å². The molecule has 1 aromatic rings. The predicted octanol–water partition coefficient (Wildman–Crippen LogP) is 3.19. The first-order chi connectivity index (χ1) is 6.24. The first kappa shape index (κ1) is 10.8. The van der Waals surface area contributed by atoms with Gasteiger partial charge in [0.2, 0.25) is 0 Å². The molecule has 4 heteroatoms. The molecular weight excluding hydrogens is 251 g/mol. The average molecular weight is 264 g/mol. The van der Waals surface area contributed by atoms with Gasteiger partial charge in [0.05, 0.1) is 4.47 Å². The summed E-state index contributed by atoms with van der Waals surface area (Å²) >= 11 is 9.00. The van der Waals surface area contributed by atoms with Crippen molar-refractivity contribution in [1.29, 1.82) is 0 Å². The molecule has 0 fully saturated rings. The molecule has 0 bridgehead atoms. The fourth-order valence-corrected chi connectivity index (χ4v) is 1.67. The summed E-state index contributed by atoms with van der Waals surface area (Å²) < 4.78 is 1.00. The maximum absolute atomic E-state index is 5.56. The molecule has 1 rings (SSSR count). The van der Waals surface area contributed by atoms with Gasteiger partial charge in [-0.2, -0.15) is 0 Å². The molecule has 0 radical (unpaired) electrons. The number of hydrogen-bond donors (Lipinski definition) is 1. The summed E-state index contributed by atoms with van der Waals surface area (Å²) in [5, 5.41) is 3.20. The van der Waals surface area contributed by atoms with Crippen molar-refractivity contribution in [2.24, 2.45) is 0 Å². The number of halogens is 2. The van der Waals surface area contributed by atoms with Crippen LogP contribution >= 0.6 is 27.5 Å². The number of alkyl halides is 1. The van der Waals surface area contributed by atoms with Crippen LogP contribution in [-0.2, 0) is 0 Å². The van der Waals surface area contributed by atoms with E-state index in [2.05, 4.69) is 26.2 Å². The lowest BCUT2D eigenvalue weighted by Gasteiger charge is -2.06. The van der Waals surface area contributed by atoms with Crippen molar-refractivity contribution in [1.82, 2.24) is 4.98 Å². The van der Waals surface area contributed by atoms with Crippen LogP contribution in [0, 0.1) is 6.92 Å². The van der Waals surface area contributed by atoms with Crippen molar-refractivity contribution in [2.75, 3.05) is 17.7 Å². The zero-order valence-corrected chi connectivity index (χ0v) is 9.82. The van der Waals surface area contributed by atoms with Crippen LogP contribution in [-0.4, -0.2) is 17.4 Å². The maximum Gasteiger partial charge on any atom is 0.140 e. The highest BCUT2D eigenvalue weighted by Crippen LogP contribution is 2.20. The minimum atomic E-state index is 0.677. The van der Waals surface area contributed by atoms with Gasteiger partial charge < -0.3 is 5.32 Å². The minimum absolute atomic E-state index is 0.677. The number of aryl methyl sites for hydroxylation is 1. The second-order valence-corrected chi connectivity index (χ2v) is 4.04. The van der Waals surface area contributed by atoms with Crippen LogP contribution < -0.4 is 5.32 Å². The molecule has 0 aromatic carbocycles. The smallest absolute Gasteiger partial charge is 0.140 e. The van der Waals surface area contributed by atoms with Gasteiger partial charge >= 0.3 is 0 Å². The second kappa shape index (κ2) is 5.45. The minimum Gasteiger partial charge on any atom is -0.369 e. The Bertz CT molecular complexity index is 278. The first-order valence-electron chi connectivity index (χ1n) is 4.16. The quantitative estimate of drug-likeness (QED) is 0.666. The highest BCUT2D eigenvalue weighted by Gasteiger charge is 1.99. The SMILES string of the molecule is Cc1cnc(NCCCCl)c(Br)c1. The summed E-state index contributed by atoms with van der Waals surface area (Å²) in [5.74, 6) is 1.56. The Labute approximate surface area is 91.8 Å². The Morgan fingerprint density at radius 3 is 3.00 bits per heavy atom. The van der Waals surface area contributed by atoms with E-state index in [0.717, 1.165) is 28.8 Å². The maximum atomic E-state index is 5.56. The zero-order valence-electron chi connectivity index (χ0n) is 7.48. The van der Waals surface area contributed by atoms with Crippen molar-refractivity contribution in [3.63, 3.8) is 0 Å². The standard InChI is InChI=1S/C9H12BrClN2/c1-7-5-8(10)9(13-6-7)12-4-2-3-11/h5-6H,2-4H2,1H3,(H,12,13). The number of pyridine rings is 1. The molecule has 0 aliphatic heterocycles. The van der Waals surface area contributed by atoms with E-state index in [4.69, 9.17) is 11.6 Å². The summed E-state index contributed by atoms with van der Waals surface area (Å²) in [7, 11) is 0. The molecule has 1 N–H and O–H groups in total. The highest BCUT2D eigenvalue weighted by atomic mass is 79.9. The van der Waals surface area contributed by atoms with E-state index >= 15 is 0 Å². The lowest BCUT2D eigenvalue weighted by atomic mass is 10.3. The molecule has 1 heterocycles. The Hall–Kier alpha value is -0.280. The number of aromatic nitrogens is 1. The van der Waals surface area contributed by atoms with Gasteiger partial charge in [0.25, 0.3) is 0 Å². The van der Waals surface area contributed by atoms with E-state index in [1.54, 1.807) is 0 Å². The van der Waals surface area contributed by atoms with Crippen molar-refractivity contribution in [3.05, 3.63) is 22.3 Å². The van der Waals surface area contributed by atoms with Gasteiger partial charge in [0.1, 0.15) is 5.82 Å². The monoisotopic (exact) mass is 262 g/mol. The Morgan fingerprint density at radius 1 is 1.62 bits per heavy atom. The van der Waals surface area contributed by atoms with Crippen LogP contribution in [0.3, 0.4) is 0 Å². The second-order valence-electron chi connectivity index (χ2n) is 2.81. The van der Waals surface area contributed by atoms with Gasteiger partial charge in [-0.15, -0.1) is 11.6 Å². The Morgan fingerprint density at radius 2 is 2.38 bits per heavy atom. The third kappa shape index (κ3) is 3.53. The van der Waals surface area contributed by atoms with Crippen molar-refractivity contribution in [3.8, 4) is 0 Å². The highest BCUT2D eigenvalue weighted by molar-refractivity contribution is 9.10. The fourth-order valence-electron chi connectivity index (χ4n) is 0.937. The Kier molecular flexibility index (Phi) is 4.53. The summed E-state index contributed by atoms with van der Waals surface area (Å²) in [6.07, 6.45) is 2.79. The third-order valence-electron chi connectivity index (χ3n) is 1.58. The molecule has 72 valence electrons. The van der Waals surface area contributed by atoms with Gasteiger partial charge in [-0.1, -0.05) is 0 Å². The summed E-state index contributed by atoms with van der Waals surface area (Å²) in [6, 6.07) is 2.04. The lowest BCUT2D eigenvalue weighted by Crippen LogP contribution is -2.04. The number of anilines is 1. The summed E-state index contributed by atoms with van der Waals surface area (Å²) in [5.41, 5.74) is 1.15. The topological polar surface area (TPSA) is 24.9 Å². The third-order valence-corrected chi connectivity index (χ3v) is 2.45. The van der Waals surface area contributed by atoms with Gasteiger partial charge in [0.15, 0.2) is 0 Å². The van der Waals surface area contributed by atoms with Crippen LogP contribution in [0.1, 0.15) is 12.0 Å². The van der Waals surface area contributed by atoms with Crippen LogP contribution in [0.5, 0.6) is 0 Å². The number of rotatable bonds is 4. The van der Waals surface area contributed by atoms with E-state index < -0.39 is 0 Å². The van der Waals surface area contributed by atoms with Crippen molar-refractivity contribution in [2.45, 2.75) is 13.3 Å². The molecule has 1 aromatic heterocycles. The Balaban J connectivity index is 2.56. The number of nitrogens with zero attached hydrogens (tertiary/aromatic N) is 1. The van der Waals surface area contributed by atoms with Crippen molar-refractivity contribution < 1.29 is 0 Å². The van der Waals surface area contributed by atoms with Gasteiger partial charge in [-0.05, 0) is 40.9 Å². The molecular formula is C9H12BrClN2. The van der Waals surface area contributed by atoms with Crippen LogP contribution in [0.25, 0.3) is 0 Å². The van der Waals surface area contributed by atoms with Crippen LogP contribution in [0.4, 0.5) is 5.82 Å². The molecule has 2 nitrogen and oxygen atoms in total. The molecule has 0 amide bonds. The van der Waals surface area contributed by atoms with Crippen LogP contribution in [0.2, 0.25) is 0 Å². The van der Waals surface area contributed by atoms with E-state index in [-0.39, 0.29) is 0 Å².